The lowest BCUT2D eigenvalue weighted by Gasteiger charge is -2.21. The molecule has 1 amide bonds. The fourth-order valence-electron chi connectivity index (χ4n) is 1.78. The van der Waals surface area contributed by atoms with Crippen LogP contribution in [0.15, 0.2) is 35.4 Å². The number of benzene rings is 1. The summed E-state index contributed by atoms with van der Waals surface area (Å²) in [7, 11) is 0. The lowest BCUT2D eigenvalue weighted by Crippen LogP contribution is -2.36. The SMILES string of the molecule is CC(C(=O)Nc1ccc(CC(=O)O)cc1)=C1CNC1. The Morgan fingerprint density at radius 2 is 1.89 bits per heavy atom. The van der Waals surface area contributed by atoms with Crippen molar-refractivity contribution in [1.29, 1.82) is 0 Å². The van der Waals surface area contributed by atoms with Crippen molar-refractivity contribution in [1.82, 2.24) is 5.32 Å². The Bertz CT molecular complexity index is 526. The van der Waals surface area contributed by atoms with Crippen molar-refractivity contribution in [2.75, 3.05) is 18.4 Å². The minimum Gasteiger partial charge on any atom is -0.481 e. The first-order valence-corrected chi connectivity index (χ1v) is 6.07. The number of carboxylic acids is 1. The molecule has 1 aliphatic heterocycles. The van der Waals surface area contributed by atoms with Crippen LogP contribution in [0.1, 0.15) is 12.5 Å². The topological polar surface area (TPSA) is 78.4 Å². The molecule has 1 aliphatic rings. The zero-order chi connectivity index (χ0) is 13.8. The normalized spacial score (nSPS) is 13.6. The number of rotatable bonds is 4. The third-order valence-corrected chi connectivity index (χ3v) is 3.11. The summed E-state index contributed by atoms with van der Waals surface area (Å²) in [5.41, 5.74) is 3.25. The van der Waals surface area contributed by atoms with Gasteiger partial charge in [-0.05, 0) is 30.2 Å². The summed E-state index contributed by atoms with van der Waals surface area (Å²) >= 11 is 0. The van der Waals surface area contributed by atoms with E-state index in [1.54, 1.807) is 24.3 Å². The van der Waals surface area contributed by atoms with Crippen LogP contribution in [0.4, 0.5) is 5.69 Å². The molecular formula is C14H16N2O3. The Balaban J connectivity index is 1.99. The molecule has 1 aromatic rings. The molecule has 0 radical (unpaired) electrons. The standard InChI is InChI=1S/C14H16N2O3/c1-9(11-7-15-8-11)14(19)16-12-4-2-10(3-5-12)6-13(17)18/h2-5,15H,6-8H2,1H3,(H,16,19)(H,17,18). The van der Waals surface area contributed by atoms with Gasteiger partial charge in [-0.1, -0.05) is 12.1 Å². The predicted molar refractivity (Wildman–Crippen MR) is 72.0 cm³/mol. The Hall–Kier alpha value is -2.14. The molecule has 100 valence electrons. The number of hydrogen-bond acceptors (Lipinski definition) is 3. The van der Waals surface area contributed by atoms with E-state index >= 15 is 0 Å². The van der Waals surface area contributed by atoms with Gasteiger partial charge in [0.15, 0.2) is 0 Å². The van der Waals surface area contributed by atoms with Gasteiger partial charge >= 0.3 is 5.97 Å². The van der Waals surface area contributed by atoms with E-state index < -0.39 is 5.97 Å². The lowest BCUT2D eigenvalue weighted by atomic mass is 10.0. The Morgan fingerprint density at radius 3 is 2.37 bits per heavy atom. The number of aliphatic carboxylic acids is 1. The van der Waals surface area contributed by atoms with E-state index in [0.29, 0.717) is 11.3 Å². The van der Waals surface area contributed by atoms with E-state index in [-0.39, 0.29) is 12.3 Å². The maximum atomic E-state index is 11.9. The Morgan fingerprint density at radius 1 is 1.26 bits per heavy atom. The van der Waals surface area contributed by atoms with Crippen molar-refractivity contribution in [3.8, 4) is 0 Å². The Labute approximate surface area is 111 Å². The van der Waals surface area contributed by atoms with E-state index in [1.807, 2.05) is 6.92 Å². The fourth-order valence-corrected chi connectivity index (χ4v) is 1.78. The highest BCUT2D eigenvalue weighted by Gasteiger charge is 2.15. The highest BCUT2D eigenvalue weighted by Crippen LogP contribution is 2.14. The van der Waals surface area contributed by atoms with Crippen LogP contribution < -0.4 is 10.6 Å². The third-order valence-electron chi connectivity index (χ3n) is 3.11. The maximum absolute atomic E-state index is 11.9. The second kappa shape index (κ2) is 5.67. The summed E-state index contributed by atoms with van der Waals surface area (Å²) in [4.78, 5) is 22.5. The molecular weight excluding hydrogens is 244 g/mol. The number of amides is 1. The van der Waals surface area contributed by atoms with Gasteiger partial charge in [0.05, 0.1) is 6.42 Å². The molecule has 5 nitrogen and oxygen atoms in total. The summed E-state index contributed by atoms with van der Waals surface area (Å²) in [5, 5.41) is 14.6. The number of carboxylic acid groups (broad SMARTS) is 1. The quantitative estimate of drug-likeness (QED) is 0.710. The second-order valence-electron chi connectivity index (χ2n) is 4.55. The van der Waals surface area contributed by atoms with Gasteiger partial charge in [-0.3, -0.25) is 9.59 Å². The number of anilines is 1. The summed E-state index contributed by atoms with van der Waals surface area (Å²) in [6, 6.07) is 6.84. The van der Waals surface area contributed by atoms with E-state index in [2.05, 4.69) is 10.6 Å². The first-order chi connectivity index (χ1) is 9.06. The van der Waals surface area contributed by atoms with Crippen molar-refractivity contribution >= 4 is 17.6 Å². The van der Waals surface area contributed by atoms with Gasteiger partial charge in [0, 0.05) is 24.4 Å². The van der Waals surface area contributed by atoms with Crippen molar-refractivity contribution in [2.45, 2.75) is 13.3 Å². The maximum Gasteiger partial charge on any atom is 0.307 e. The lowest BCUT2D eigenvalue weighted by molar-refractivity contribution is -0.136. The van der Waals surface area contributed by atoms with E-state index in [0.717, 1.165) is 24.2 Å². The molecule has 2 rings (SSSR count). The van der Waals surface area contributed by atoms with Crippen LogP contribution in [-0.2, 0) is 16.0 Å². The summed E-state index contributed by atoms with van der Waals surface area (Å²) in [5.74, 6) is -0.975. The molecule has 5 heteroatoms. The molecule has 0 atom stereocenters. The molecule has 0 unspecified atom stereocenters. The van der Waals surface area contributed by atoms with Crippen molar-refractivity contribution in [3.05, 3.63) is 41.0 Å². The summed E-state index contributed by atoms with van der Waals surface area (Å²) < 4.78 is 0. The minimum atomic E-state index is -0.866. The minimum absolute atomic E-state index is 0.0109. The van der Waals surface area contributed by atoms with Crippen LogP contribution in [0, 0.1) is 0 Å². The monoisotopic (exact) mass is 260 g/mol. The van der Waals surface area contributed by atoms with Gasteiger partial charge in [0.2, 0.25) is 0 Å². The van der Waals surface area contributed by atoms with Gasteiger partial charge in [-0.25, -0.2) is 0 Å². The van der Waals surface area contributed by atoms with Gasteiger partial charge in [0.1, 0.15) is 0 Å². The first kappa shape index (κ1) is 13.3. The van der Waals surface area contributed by atoms with Crippen LogP contribution in [-0.4, -0.2) is 30.1 Å². The van der Waals surface area contributed by atoms with Crippen LogP contribution in [0.25, 0.3) is 0 Å². The first-order valence-electron chi connectivity index (χ1n) is 6.07. The molecule has 1 heterocycles. The van der Waals surface area contributed by atoms with Crippen molar-refractivity contribution in [3.63, 3.8) is 0 Å². The largest absolute Gasteiger partial charge is 0.481 e. The number of hydrogen-bond donors (Lipinski definition) is 3. The van der Waals surface area contributed by atoms with Crippen molar-refractivity contribution in [2.24, 2.45) is 0 Å². The highest BCUT2D eigenvalue weighted by molar-refractivity contribution is 6.04. The van der Waals surface area contributed by atoms with E-state index in [1.165, 1.54) is 0 Å². The predicted octanol–water partition coefficient (Wildman–Crippen LogP) is 1.17. The second-order valence-corrected chi connectivity index (χ2v) is 4.55. The van der Waals surface area contributed by atoms with Crippen LogP contribution in [0.2, 0.25) is 0 Å². The molecule has 0 aromatic heterocycles. The summed E-state index contributed by atoms with van der Waals surface area (Å²) in [6.07, 6.45) is -0.0109. The van der Waals surface area contributed by atoms with Crippen LogP contribution in [0.3, 0.4) is 0 Å². The zero-order valence-corrected chi connectivity index (χ0v) is 10.7. The van der Waals surface area contributed by atoms with Gasteiger partial charge in [-0.15, -0.1) is 0 Å². The van der Waals surface area contributed by atoms with Gasteiger partial charge < -0.3 is 15.7 Å². The number of carbonyl (C=O) groups is 2. The van der Waals surface area contributed by atoms with Gasteiger partial charge in [0.25, 0.3) is 5.91 Å². The van der Waals surface area contributed by atoms with Gasteiger partial charge in [-0.2, -0.15) is 0 Å². The third kappa shape index (κ3) is 3.42. The van der Waals surface area contributed by atoms with Crippen LogP contribution in [0.5, 0.6) is 0 Å². The molecule has 1 fully saturated rings. The number of nitrogens with one attached hydrogen (secondary N) is 2. The zero-order valence-electron chi connectivity index (χ0n) is 10.7. The molecule has 0 saturated carbocycles. The highest BCUT2D eigenvalue weighted by atomic mass is 16.4. The van der Waals surface area contributed by atoms with E-state index in [4.69, 9.17) is 5.11 Å². The molecule has 3 N–H and O–H groups in total. The molecule has 1 aromatic carbocycles. The average molecular weight is 260 g/mol. The van der Waals surface area contributed by atoms with Crippen molar-refractivity contribution < 1.29 is 14.7 Å². The number of carbonyl (C=O) groups excluding carboxylic acids is 1. The fraction of sp³-hybridized carbons (Fsp3) is 0.286. The van der Waals surface area contributed by atoms with Crippen LogP contribution >= 0.6 is 0 Å². The smallest absolute Gasteiger partial charge is 0.307 e. The van der Waals surface area contributed by atoms with E-state index in [9.17, 15) is 9.59 Å². The molecule has 1 saturated heterocycles. The average Bonchev–Trinajstić information content (AvgIpc) is 2.28. The summed E-state index contributed by atoms with van der Waals surface area (Å²) in [6.45, 7) is 3.36. The molecule has 0 aliphatic carbocycles. The molecule has 0 spiro atoms. The Kier molecular flexibility index (Phi) is 3.97. The molecule has 19 heavy (non-hydrogen) atoms. The molecule has 0 bridgehead atoms.